The molecule has 1 atom stereocenters. The maximum absolute atomic E-state index is 9.18. The summed E-state index contributed by atoms with van der Waals surface area (Å²) in [5.41, 5.74) is 0.626. The summed E-state index contributed by atoms with van der Waals surface area (Å²) in [7, 11) is 0. The van der Waals surface area contributed by atoms with Crippen LogP contribution in [0.2, 0.25) is 0 Å². The Kier molecular flexibility index (Phi) is 2.49. The first-order valence-corrected chi connectivity index (χ1v) is 5.29. The predicted molar refractivity (Wildman–Crippen MR) is 57.1 cm³/mol. The molecule has 1 fully saturated rings. The highest BCUT2D eigenvalue weighted by atomic mass is 15.3. The Morgan fingerprint density at radius 1 is 1.73 bits per heavy atom. The van der Waals surface area contributed by atoms with Gasteiger partial charge in [0.15, 0.2) is 0 Å². The van der Waals surface area contributed by atoms with Gasteiger partial charge in [-0.3, -0.25) is 10.00 Å². The quantitative estimate of drug-likeness (QED) is 0.802. The first-order valence-electron chi connectivity index (χ1n) is 5.29. The lowest BCUT2D eigenvalue weighted by Gasteiger charge is -2.22. The topological polar surface area (TPSA) is 53.6 Å². The molecule has 1 unspecified atom stereocenters. The smallest absolute Gasteiger partial charge is 0.123 e. The van der Waals surface area contributed by atoms with Crippen LogP contribution in [0.5, 0.6) is 0 Å². The zero-order valence-electron chi connectivity index (χ0n) is 9.20. The highest BCUT2D eigenvalue weighted by Crippen LogP contribution is 2.22. The number of aryl methyl sites for hydroxylation is 1. The van der Waals surface area contributed by atoms with Crippen molar-refractivity contribution >= 4 is 0 Å². The summed E-state index contributed by atoms with van der Waals surface area (Å²) in [6.07, 6.45) is 6.16. The number of hydrogen-bond acceptors (Lipinski definition) is 3. The Labute approximate surface area is 89.9 Å². The van der Waals surface area contributed by atoms with Gasteiger partial charge in [0.05, 0.1) is 18.8 Å². The van der Waals surface area contributed by atoms with Crippen molar-refractivity contribution in [3.63, 3.8) is 0 Å². The van der Waals surface area contributed by atoms with Crippen molar-refractivity contribution in [2.24, 2.45) is 0 Å². The maximum Gasteiger partial charge on any atom is 0.123 e. The normalized spacial score (nSPS) is 19.5. The summed E-state index contributed by atoms with van der Waals surface area (Å²) >= 11 is 0. The molecular formula is C11H16N4. The molecule has 1 aliphatic carbocycles. The van der Waals surface area contributed by atoms with Crippen LogP contribution in [0.4, 0.5) is 0 Å². The van der Waals surface area contributed by atoms with Crippen LogP contribution in [-0.4, -0.2) is 21.4 Å². The third-order valence-electron chi connectivity index (χ3n) is 2.59. The van der Waals surface area contributed by atoms with Crippen LogP contribution >= 0.6 is 0 Å². The van der Waals surface area contributed by atoms with Crippen molar-refractivity contribution in [1.82, 2.24) is 15.1 Å². The van der Waals surface area contributed by atoms with Gasteiger partial charge < -0.3 is 0 Å². The molecule has 1 aromatic heterocycles. The summed E-state index contributed by atoms with van der Waals surface area (Å²) in [6.45, 7) is 4.54. The molecule has 0 amide bonds. The second-order valence-electron chi connectivity index (χ2n) is 4.58. The molecule has 4 nitrogen and oxygen atoms in total. The second-order valence-corrected chi connectivity index (χ2v) is 4.58. The van der Waals surface area contributed by atoms with Crippen LogP contribution in [-0.2, 0) is 6.54 Å². The van der Waals surface area contributed by atoms with Gasteiger partial charge in [-0.25, -0.2) is 0 Å². The van der Waals surface area contributed by atoms with E-state index in [0.717, 1.165) is 5.56 Å². The van der Waals surface area contributed by atoms with Gasteiger partial charge >= 0.3 is 0 Å². The van der Waals surface area contributed by atoms with E-state index in [2.05, 4.69) is 16.5 Å². The van der Waals surface area contributed by atoms with Crippen molar-refractivity contribution in [3.8, 4) is 6.07 Å². The minimum atomic E-state index is -0.500. The maximum atomic E-state index is 9.18. The molecule has 80 valence electrons. The molecule has 1 N–H and O–H groups in total. The zero-order chi connectivity index (χ0) is 10.9. The molecule has 1 aromatic rings. The average molecular weight is 204 g/mol. The number of hydrogen-bond donors (Lipinski definition) is 1. The van der Waals surface area contributed by atoms with Gasteiger partial charge in [0.1, 0.15) is 5.54 Å². The Balaban J connectivity index is 2.03. The van der Waals surface area contributed by atoms with Crippen LogP contribution in [0.25, 0.3) is 0 Å². The van der Waals surface area contributed by atoms with E-state index < -0.39 is 5.54 Å². The van der Waals surface area contributed by atoms with Gasteiger partial charge in [0.2, 0.25) is 0 Å². The Bertz CT molecular complexity index is 386. The van der Waals surface area contributed by atoms with Gasteiger partial charge in [-0.2, -0.15) is 10.4 Å². The van der Waals surface area contributed by atoms with Crippen molar-refractivity contribution in [2.45, 2.75) is 44.8 Å². The number of nitrogens with zero attached hydrogens (tertiary/aromatic N) is 3. The first-order chi connectivity index (χ1) is 7.11. The van der Waals surface area contributed by atoms with E-state index in [1.807, 2.05) is 30.9 Å². The van der Waals surface area contributed by atoms with Crippen molar-refractivity contribution in [1.29, 1.82) is 5.26 Å². The summed E-state index contributed by atoms with van der Waals surface area (Å²) in [6, 6.07) is 2.87. The Hall–Kier alpha value is -1.34. The van der Waals surface area contributed by atoms with Crippen LogP contribution < -0.4 is 5.32 Å². The molecule has 15 heavy (non-hydrogen) atoms. The second kappa shape index (κ2) is 3.67. The highest BCUT2D eigenvalue weighted by Gasteiger charge is 2.32. The summed E-state index contributed by atoms with van der Waals surface area (Å²) < 4.78 is 1.83. The van der Waals surface area contributed by atoms with Crippen LogP contribution in [0.15, 0.2) is 12.4 Å². The SMILES string of the molecule is Cc1cnn(CC(C)(C#N)NC2CC2)c1. The monoisotopic (exact) mass is 204 g/mol. The first kappa shape index (κ1) is 10.2. The molecular weight excluding hydrogens is 188 g/mol. The Morgan fingerprint density at radius 3 is 2.93 bits per heavy atom. The molecule has 1 saturated carbocycles. The molecule has 1 aliphatic rings. The van der Waals surface area contributed by atoms with Crippen molar-refractivity contribution in [3.05, 3.63) is 18.0 Å². The minimum absolute atomic E-state index is 0.500. The van der Waals surface area contributed by atoms with Gasteiger partial charge in [0, 0.05) is 12.2 Å². The Morgan fingerprint density at radius 2 is 2.47 bits per heavy atom. The van der Waals surface area contributed by atoms with E-state index in [4.69, 9.17) is 0 Å². The highest BCUT2D eigenvalue weighted by molar-refractivity contribution is 5.08. The molecule has 4 heteroatoms. The fourth-order valence-electron chi connectivity index (χ4n) is 1.67. The lowest BCUT2D eigenvalue weighted by atomic mass is 10.1. The van der Waals surface area contributed by atoms with Crippen LogP contribution in [0.1, 0.15) is 25.3 Å². The standard InChI is InChI=1S/C11H16N4/c1-9-5-13-15(6-9)8-11(2,7-12)14-10-3-4-10/h5-6,10,14H,3-4,8H2,1-2H3. The van der Waals surface area contributed by atoms with E-state index in [1.165, 1.54) is 12.8 Å². The predicted octanol–water partition coefficient (Wildman–Crippen LogP) is 1.23. The molecule has 2 rings (SSSR count). The largest absolute Gasteiger partial charge is 0.295 e. The fourth-order valence-corrected chi connectivity index (χ4v) is 1.67. The summed E-state index contributed by atoms with van der Waals surface area (Å²) in [5, 5.41) is 16.7. The van der Waals surface area contributed by atoms with E-state index >= 15 is 0 Å². The van der Waals surface area contributed by atoms with Gasteiger partial charge in [0.25, 0.3) is 0 Å². The summed E-state index contributed by atoms with van der Waals surface area (Å²) in [4.78, 5) is 0. The van der Waals surface area contributed by atoms with E-state index in [9.17, 15) is 5.26 Å². The average Bonchev–Trinajstić information content (AvgIpc) is 2.90. The van der Waals surface area contributed by atoms with Crippen molar-refractivity contribution < 1.29 is 0 Å². The lowest BCUT2D eigenvalue weighted by molar-refractivity contribution is 0.367. The molecule has 0 aromatic carbocycles. The summed E-state index contributed by atoms with van der Waals surface area (Å²) in [5.74, 6) is 0. The number of aromatic nitrogens is 2. The van der Waals surface area contributed by atoms with Gasteiger partial charge in [-0.15, -0.1) is 0 Å². The minimum Gasteiger partial charge on any atom is -0.295 e. The van der Waals surface area contributed by atoms with E-state index in [1.54, 1.807) is 0 Å². The molecule has 1 heterocycles. The molecule has 0 aliphatic heterocycles. The molecule has 0 radical (unpaired) electrons. The molecule has 0 bridgehead atoms. The lowest BCUT2D eigenvalue weighted by Crippen LogP contribution is -2.46. The third-order valence-corrected chi connectivity index (χ3v) is 2.59. The fraction of sp³-hybridized carbons (Fsp3) is 0.636. The number of nitrogens with one attached hydrogen (secondary N) is 1. The molecule has 0 spiro atoms. The van der Waals surface area contributed by atoms with Crippen LogP contribution in [0.3, 0.4) is 0 Å². The van der Waals surface area contributed by atoms with Crippen molar-refractivity contribution in [2.75, 3.05) is 0 Å². The zero-order valence-corrected chi connectivity index (χ0v) is 9.20. The van der Waals surface area contributed by atoms with Crippen LogP contribution in [0, 0.1) is 18.3 Å². The number of nitriles is 1. The van der Waals surface area contributed by atoms with E-state index in [-0.39, 0.29) is 0 Å². The number of rotatable bonds is 4. The van der Waals surface area contributed by atoms with E-state index in [0.29, 0.717) is 12.6 Å². The van der Waals surface area contributed by atoms with Gasteiger partial charge in [-0.1, -0.05) is 0 Å². The third kappa shape index (κ3) is 2.57. The molecule has 0 saturated heterocycles. The van der Waals surface area contributed by atoms with Gasteiger partial charge in [-0.05, 0) is 32.3 Å².